The number of aromatic nitrogens is 3. The summed E-state index contributed by atoms with van der Waals surface area (Å²) in [6, 6.07) is 20.3. The minimum Gasteiger partial charge on any atom is -0.491 e. The van der Waals surface area contributed by atoms with E-state index in [1.807, 2.05) is 49.4 Å². The zero-order valence-corrected chi connectivity index (χ0v) is 22.3. The van der Waals surface area contributed by atoms with E-state index in [-0.39, 0.29) is 17.4 Å². The Bertz CT molecular complexity index is 1860. The highest BCUT2D eigenvalue weighted by Gasteiger charge is 2.30. The molecule has 9 nitrogen and oxygen atoms in total. The van der Waals surface area contributed by atoms with Crippen LogP contribution in [0.1, 0.15) is 50.6 Å². The number of aromatic carboxylic acids is 1. The first-order valence-corrected chi connectivity index (χ1v) is 13.6. The van der Waals surface area contributed by atoms with Crippen molar-refractivity contribution >= 4 is 34.5 Å². The standard InChI is InChI=1S/C32H27N5O4/c1-17-22(28-24-16-25(34-29(24)36-32(33)35-28)19-7-9-20(10-8-19)31(39)40)3-2-4-26(17)37-13-14-41-27-15-21(18-5-6-18)11-12-23(27)30(37)38/h2-4,7-12,15-16,18H,5-6,13-14H2,1H3,(H,39,40)(H3,33,34,35,36). The number of nitrogens with two attached hydrogens (primary N) is 1. The Balaban J connectivity index is 1.28. The minimum absolute atomic E-state index is 0.0961. The average Bonchev–Trinajstić information content (AvgIpc) is 3.76. The maximum atomic E-state index is 13.8. The summed E-state index contributed by atoms with van der Waals surface area (Å²) in [6.45, 7) is 2.78. The molecule has 5 aromatic rings. The van der Waals surface area contributed by atoms with Crippen molar-refractivity contribution in [3.05, 3.63) is 89.0 Å². The van der Waals surface area contributed by atoms with Crippen LogP contribution in [-0.4, -0.2) is 45.1 Å². The van der Waals surface area contributed by atoms with Gasteiger partial charge in [-0.3, -0.25) is 4.79 Å². The van der Waals surface area contributed by atoms with Gasteiger partial charge in [-0.25, -0.2) is 9.78 Å². The van der Waals surface area contributed by atoms with Crippen molar-refractivity contribution < 1.29 is 19.4 Å². The number of nitrogen functional groups attached to an aromatic ring is 1. The molecule has 3 aromatic carbocycles. The van der Waals surface area contributed by atoms with Gasteiger partial charge in [0.25, 0.3) is 5.91 Å². The number of hydrogen-bond acceptors (Lipinski definition) is 6. The minimum atomic E-state index is -0.981. The highest BCUT2D eigenvalue weighted by Crippen LogP contribution is 2.42. The van der Waals surface area contributed by atoms with E-state index in [2.05, 4.69) is 15.0 Å². The molecule has 1 aliphatic carbocycles. The van der Waals surface area contributed by atoms with Crippen molar-refractivity contribution in [1.29, 1.82) is 0 Å². The average molecular weight is 546 g/mol. The first kappa shape index (κ1) is 24.8. The van der Waals surface area contributed by atoms with E-state index in [0.29, 0.717) is 41.7 Å². The molecular weight excluding hydrogens is 518 g/mol. The van der Waals surface area contributed by atoms with Gasteiger partial charge in [-0.2, -0.15) is 4.98 Å². The Morgan fingerprint density at radius 1 is 1.05 bits per heavy atom. The van der Waals surface area contributed by atoms with Crippen LogP contribution in [0.4, 0.5) is 11.6 Å². The van der Waals surface area contributed by atoms with Crippen molar-refractivity contribution in [2.45, 2.75) is 25.7 Å². The van der Waals surface area contributed by atoms with Gasteiger partial charge in [0.15, 0.2) is 0 Å². The summed E-state index contributed by atoms with van der Waals surface area (Å²) in [7, 11) is 0. The zero-order valence-electron chi connectivity index (χ0n) is 22.3. The lowest BCUT2D eigenvalue weighted by molar-refractivity contribution is 0.0696. The molecule has 1 fully saturated rings. The summed E-state index contributed by atoms with van der Waals surface area (Å²) in [5.74, 6) is 0.267. The number of carboxylic acid groups (broad SMARTS) is 1. The van der Waals surface area contributed by atoms with Crippen LogP contribution in [0.3, 0.4) is 0 Å². The van der Waals surface area contributed by atoms with E-state index in [1.54, 1.807) is 29.2 Å². The number of carboxylic acids is 1. The number of ether oxygens (including phenoxy) is 1. The summed E-state index contributed by atoms with van der Waals surface area (Å²) in [5.41, 5.74) is 13.4. The number of amides is 1. The number of anilines is 2. The smallest absolute Gasteiger partial charge is 0.335 e. The number of nitrogens with zero attached hydrogens (tertiary/aromatic N) is 3. The largest absolute Gasteiger partial charge is 0.491 e. The molecule has 9 heteroatoms. The number of nitrogens with one attached hydrogen (secondary N) is 1. The van der Waals surface area contributed by atoms with E-state index in [9.17, 15) is 14.7 Å². The van der Waals surface area contributed by atoms with Gasteiger partial charge in [0, 0.05) is 22.3 Å². The van der Waals surface area contributed by atoms with Crippen molar-refractivity contribution in [1.82, 2.24) is 15.0 Å². The van der Waals surface area contributed by atoms with Crippen molar-refractivity contribution in [3.63, 3.8) is 0 Å². The summed E-state index contributed by atoms with van der Waals surface area (Å²) in [6.07, 6.45) is 2.37. The zero-order chi connectivity index (χ0) is 28.2. The molecule has 4 N–H and O–H groups in total. The Morgan fingerprint density at radius 3 is 2.61 bits per heavy atom. The molecule has 1 aliphatic heterocycles. The fourth-order valence-electron chi connectivity index (χ4n) is 5.58. The van der Waals surface area contributed by atoms with E-state index in [4.69, 9.17) is 10.5 Å². The molecule has 1 amide bonds. The summed E-state index contributed by atoms with van der Waals surface area (Å²) >= 11 is 0. The van der Waals surface area contributed by atoms with Crippen LogP contribution in [0.5, 0.6) is 5.75 Å². The quantitative estimate of drug-likeness (QED) is 0.254. The number of benzene rings is 3. The van der Waals surface area contributed by atoms with Gasteiger partial charge in [0.1, 0.15) is 18.0 Å². The van der Waals surface area contributed by atoms with Crippen LogP contribution < -0.4 is 15.4 Å². The second-order valence-corrected chi connectivity index (χ2v) is 10.5. The first-order valence-electron chi connectivity index (χ1n) is 13.6. The normalized spacial score (nSPS) is 15.0. The van der Waals surface area contributed by atoms with Gasteiger partial charge >= 0.3 is 5.97 Å². The van der Waals surface area contributed by atoms with Crippen molar-refractivity contribution in [2.24, 2.45) is 0 Å². The predicted molar refractivity (Wildman–Crippen MR) is 156 cm³/mol. The lowest BCUT2D eigenvalue weighted by Crippen LogP contribution is -2.33. The lowest BCUT2D eigenvalue weighted by Gasteiger charge is -2.23. The topological polar surface area (TPSA) is 134 Å². The van der Waals surface area contributed by atoms with Crippen LogP contribution in [0.25, 0.3) is 33.5 Å². The fourth-order valence-corrected chi connectivity index (χ4v) is 5.58. The Kier molecular flexibility index (Phi) is 5.74. The van der Waals surface area contributed by atoms with E-state index in [0.717, 1.165) is 33.5 Å². The molecule has 3 heterocycles. The Morgan fingerprint density at radius 2 is 1.85 bits per heavy atom. The molecule has 41 heavy (non-hydrogen) atoms. The summed E-state index contributed by atoms with van der Waals surface area (Å²) in [4.78, 5) is 39.1. The van der Waals surface area contributed by atoms with Gasteiger partial charge in [-0.1, -0.05) is 30.3 Å². The van der Waals surface area contributed by atoms with Crippen LogP contribution >= 0.6 is 0 Å². The highest BCUT2D eigenvalue weighted by molar-refractivity contribution is 6.09. The molecule has 0 radical (unpaired) electrons. The van der Waals surface area contributed by atoms with Crippen LogP contribution in [0.15, 0.2) is 66.7 Å². The molecule has 7 rings (SSSR count). The monoisotopic (exact) mass is 545 g/mol. The van der Waals surface area contributed by atoms with Crippen molar-refractivity contribution in [2.75, 3.05) is 23.8 Å². The maximum absolute atomic E-state index is 13.8. The highest BCUT2D eigenvalue weighted by atomic mass is 16.5. The molecule has 0 bridgehead atoms. The molecule has 0 atom stereocenters. The predicted octanol–water partition coefficient (Wildman–Crippen LogP) is 5.80. The van der Waals surface area contributed by atoms with Gasteiger partial charge in [-0.15, -0.1) is 0 Å². The lowest BCUT2D eigenvalue weighted by atomic mass is 10.00. The summed E-state index contributed by atoms with van der Waals surface area (Å²) in [5, 5.41) is 10.0. The van der Waals surface area contributed by atoms with E-state index < -0.39 is 5.97 Å². The number of hydrogen-bond donors (Lipinski definition) is 3. The third-order valence-corrected chi connectivity index (χ3v) is 7.90. The van der Waals surface area contributed by atoms with Gasteiger partial charge in [0.2, 0.25) is 5.95 Å². The van der Waals surface area contributed by atoms with Gasteiger partial charge in [-0.05, 0) is 78.8 Å². The number of fused-ring (bicyclic) bond motifs is 2. The third kappa shape index (κ3) is 4.35. The van der Waals surface area contributed by atoms with Crippen LogP contribution in [-0.2, 0) is 0 Å². The van der Waals surface area contributed by atoms with Crippen LogP contribution in [0.2, 0.25) is 0 Å². The molecule has 2 aliphatic rings. The molecule has 0 spiro atoms. The molecule has 1 saturated carbocycles. The number of rotatable bonds is 5. The SMILES string of the molecule is Cc1c(-c2nc(N)nc3[nH]c(-c4ccc(C(=O)O)cc4)cc23)cccc1N1CCOc2cc(C3CC3)ccc2C1=O. The van der Waals surface area contributed by atoms with Crippen LogP contribution in [0, 0.1) is 6.92 Å². The second kappa shape index (κ2) is 9.48. The third-order valence-electron chi connectivity index (χ3n) is 7.90. The number of carbonyl (C=O) groups excluding carboxylic acids is 1. The van der Waals surface area contributed by atoms with Crippen molar-refractivity contribution in [3.8, 4) is 28.3 Å². The molecular formula is C32H27N5O4. The van der Waals surface area contributed by atoms with E-state index in [1.165, 1.54) is 18.4 Å². The number of aromatic amines is 1. The second-order valence-electron chi connectivity index (χ2n) is 10.5. The molecule has 2 aromatic heterocycles. The van der Waals surface area contributed by atoms with Gasteiger partial charge in [0.05, 0.1) is 23.4 Å². The summed E-state index contributed by atoms with van der Waals surface area (Å²) < 4.78 is 6.05. The molecule has 0 saturated heterocycles. The molecule has 0 unspecified atom stereocenters. The first-order chi connectivity index (χ1) is 19.9. The Labute approximate surface area is 235 Å². The maximum Gasteiger partial charge on any atom is 0.335 e. The van der Waals surface area contributed by atoms with Gasteiger partial charge < -0.3 is 25.5 Å². The Hall–Kier alpha value is -5.18. The number of H-pyrrole nitrogens is 1. The van der Waals surface area contributed by atoms with E-state index >= 15 is 0 Å². The number of carbonyl (C=O) groups is 2. The molecule has 204 valence electrons. The fraction of sp³-hybridized carbons (Fsp3) is 0.188.